The molecule has 0 saturated carbocycles. The Labute approximate surface area is 434 Å². The fourth-order valence-electron chi connectivity index (χ4n) is 5.82. The Kier molecular flexibility index (Phi) is 29.3. The average Bonchev–Trinajstić information content (AvgIpc) is 3.32. The molecule has 72 heavy (non-hydrogen) atoms. The van der Waals surface area contributed by atoms with Gasteiger partial charge in [0.2, 0.25) is 53.2 Å². The molecule has 0 aromatic heterocycles. The van der Waals surface area contributed by atoms with Gasteiger partial charge in [-0.2, -0.15) is 50.5 Å². The van der Waals surface area contributed by atoms with Crippen LogP contribution in [-0.4, -0.2) is 183 Å². The predicted octanol–water partition coefficient (Wildman–Crippen LogP) is -6.62. The van der Waals surface area contributed by atoms with Crippen molar-refractivity contribution < 1.29 is 72.9 Å². The van der Waals surface area contributed by atoms with Crippen LogP contribution in [-0.2, 0) is 64.0 Å². The van der Waals surface area contributed by atoms with Crippen molar-refractivity contribution in [3.05, 3.63) is 35.9 Å². The molecule has 0 radical (unpaired) electrons. The first-order valence-corrected chi connectivity index (χ1v) is 24.0. The standard InChI is InChI=1S/C40H61N13O15S4/c1-18(39(67)68)46-36(64)25(15-70)51-33(61)22(10-19-6-3-2-4-7-19)50-38(66)27(17-72)52-34(62)23(11-29(55)56)47-28(54)13-45-32(60)21(8-5-9-44-40(42)43)48-37(65)26(16-71)53-35(63)24(12-30(57)58)49-31(59)20(41)14-69/h2-4,6-7,18,20-27,69-72H,5,8-17,41H2,1H3,(H,45,60)(H,46,64)(H,47,54)(H,48,65)(H,49,59)(H,50,66)(H,51,61)(H,52,62)(H,53,63)(H,55,56)(H,57,58)(H,67,68)(H4,42,43,44)/t18-,20-,21-,22-,23-,24-,25-,26-,27-/m0/s1. The molecule has 0 aliphatic heterocycles. The van der Waals surface area contributed by atoms with Gasteiger partial charge in [-0.1, -0.05) is 30.3 Å². The van der Waals surface area contributed by atoms with Crippen LogP contribution in [0.4, 0.5) is 0 Å². The Bertz CT molecular complexity index is 2130. The third kappa shape index (κ3) is 24.1. The monoisotopic (exact) mass is 1090 g/mol. The SMILES string of the molecule is C[C@H](NC(=O)[C@H](CS)NC(=O)[C@H](Cc1ccccc1)NC(=O)[C@H](CS)NC(=O)[C@H](CC(=O)O)NC(=O)CNC(=O)[C@H](CCCN=C(N)N)NC(=O)[C@H](CS)NC(=O)[C@H](CC(=O)O)NC(=O)[C@@H](N)CS)C(=O)O. The molecular formula is C40H61N13O15S4. The number of hydrogen-bond acceptors (Lipinski definition) is 18. The smallest absolute Gasteiger partial charge is 0.325 e. The quantitative estimate of drug-likeness (QED) is 0.0135. The van der Waals surface area contributed by atoms with Gasteiger partial charge in [-0.15, -0.1) is 0 Å². The van der Waals surface area contributed by atoms with Gasteiger partial charge in [-0.05, 0) is 25.3 Å². The Morgan fingerprint density at radius 3 is 1.40 bits per heavy atom. The van der Waals surface area contributed by atoms with E-state index in [2.05, 4.69) is 103 Å². The van der Waals surface area contributed by atoms with E-state index in [4.69, 9.17) is 17.2 Å². The summed E-state index contributed by atoms with van der Waals surface area (Å²) in [5, 5.41) is 48.6. The van der Waals surface area contributed by atoms with Crippen molar-refractivity contribution >= 4 is 128 Å². The fourth-order valence-corrected chi connectivity index (χ4v) is 6.75. The van der Waals surface area contributed by atoms with E-state index < -0.39 is 156 Å². The number of carbonyl (C=O) groups is 12. The van der Waals surface area contributed by atoms with E-state index in [9.17, 15) is 72.9 Å². The third-order valence-corrected chi connectivity index (χ3v) is 11.2. The van der Waals surface area contributed by atoms with Crippen LogP contribution in [0, 0.1) is 0 Å². The zero-order chi connectivity index (χ0) is 54.7. The zero-order valence-corrected chi connectivity index (χ0v) is 42.1. The normalized spacial score (nSPS) is 14.5. The summed E-state index contributed by atoms with van der Waals surface area (Å²) in [6.07, 6.45) is -2.24. The van der Waals surface area contributed by atoms with Crippen LogP contribution in [0.15, 0.2) is 35.3 Å². The van der Waals surface area contributed by atoms with Crippen LogP contribution in [0.5, 0.6) is 0 Å². The van der Waals surface area contributed by atoms with Crippen molar-refractivity contribution in [2.75, 3.05) is 36.1 Å². The summed E-state index contributed by atoms with van der Waals surface area (Å²) in [4.78, 5) is 157. The number of rotatable bonds is 33. The first-order valence-electron chi connectivity index (χ1n) is 21.5. The van der Waals surface area contributed by atoms with Crippen molar-refractivity contribution in [2.45, 2.75) is 93.4 Å². The van der Waals surface area contributed by atoms with Crippen LogP contribution in [0.3, 0.4) is 0 Å². The maximum atomic E-state index is 13.6. The second-order valence-electron chi connectivity index (χ2n) is 15.4. The lowest BCUT2D eigenvalue weighted by molar-refractivity contribution is -0.142. The van der Waals surface area contributed by atoms with Gasteiger partial charge in [0.25, 0.3) is 0 Å². The van der Waals surface area contributed by atoms with Gasteiger partial charge in [0.1, 0.15) is 48.3 Å². The lowest BCUT2D eigenvalue weighted by Gasteiger charge is -2.26. The molecule has 400 valence electrons. The molecular weight excluding hydrogens is 1030 g/mol. The summed E-state index contributed by atoms with van der Waals surface area (Å²) in [6.45, 7) is 0.235. The molecule has 9 amide bonds. The van der Waals surface area contributed by atoms with Crippen molar-refractivity contribution in [3.8, 4) is 0 Å². The fraction of sp³-hybridized carbons (Fsp3) is 0.525. The number of amides is 9. The second kappa shape index (κ2) is 33.2. The van der Waals surface area contributed by atoms with Crippen molar-refractivity contribution in [1.29, 1.82) is 0 Å². The zero-order valence-electron chi connectivity index (χ0n) is 38.6. The molecule has 1 aromatic carbocycles. The summed E-state index contributed by atoms with van der Waals surface area (Å²) >= 11 is 16.1. The van der Waals surface area contributed by atoms with Crippen LogP contribution in [0.25, 0.3) is 0 Å². The number of carboxylic acid groups (broad SMARTS) is 3. The predicted molar refractivity (Wildman–Crippen MR) is 270 cm³/mol. The number of hydrogen-bond donors (Lipinski definition) is 19. The average molecular weight is 1090 g/mol. The summed E-state index contributed by atoms with van der Waals surface area (Å²) in [5.74, 6) is -15.2. The van der Waals surface area contributed by atoms with Gasteiger partial charge in [0.05, 0.1) is 25.4 Å². The molecule has 0 saturated heterocycles. The Hall–Kier alpha value is -6.51. The van der Waals surface area contributed by atoms with Crippen molar-refractivity contribution in [1.82, 2.24) is 47.9 Å². The number of benzene rings is 1. The molecule has 28 nitrogen and oxygen atoms in total. The Balaban J connectivity index is 3.22. The summed E-state index contributed by atoms with van der Waals surface area (Å²) in [6, 6.07) is -5.23. The highest BCUT2D eigenvalue weighted by Crippen LogP contribution is 2.07. The van der Waals surface area contributed by atoms with E-state index in [1.807, 2.05) is 0 Å². The van der Waals surface area contributed by atoms with Crippen molar-refractivity contribution in [2.24, 2.45) is 22.2 Å². The topological polar surface area (TPSA) is 464 Å². The number of nitrogens with two attached hydrogens (primary N) is 3. The summed E-state index contributed by atoms with van der Waals surface area (Å²) in [5.41, 5.74) is 16.9. The number of aliphatic carboxylic acids is 3. The molecule has 0 heterocycles. The molecule has 32 heteroatoms. The minimum atomic E-state index is -1.88. The number of aliphatic imine (C=N–C) groups is 1. The third-order valence-electron chi connectivity index (χ3n) is 9.67. The summed E-state index contributed by atoms with van der Waals surface area (Å²) in [7, 11) is 0. The van der Waals surface area contributed by atoms with Crippen LogP contribution in [0.2, 0.25) is 0 Å². The lowest BCUT2D eigenvalue weighted by Crippen LogP contribution is -2.60. The highest BCUT2D eigenvalue weighted by Gasteiger charge is 2.34. The first-order chi connectivity index (χ1) is 33.9. The maximum Gasteiger partial charge on any atom is 0.325 e. The van der Waals surface area contributed by atoms with E-state index in [-0.39, 0.29) is 43.3 Å². The van der Waals surface area contributed by atoms with Crippen molar-refractivity contribution in [3.63, 3.8) is 0 Å². The molecule has 1 rings (SSSR count). The van der Waals surface area contributed by atoms with Gasteiger partial charge in [-0.25, -0.2) is 0 Å². The number of nitrogens with one attached hydrogen (secondary N) is 9. The molecule has 0 aliphatic rings. The molecule has 1 aromatic rings. The van der Waals surface area contributed by atoms with Gasteiger partial charge in [0.15, 0.2) is 5.96 Å². The highest BCUT2D eigenvalue weighted by molar-refractivity contribution is 7.80. The number of nitrogens with zero attached hydrogens (tertiary/aromatic N) is 1. The van der Waals surface area contributed by atoms with Crippen LogP contribution < -0.4 is 65.1 Å². The molecule has 0 unspecified atom stereocenters. The van der Waals surface area contributed by atoms with E-state index in [1.54, 1.807) is 30.3 Å². The highest BCUT2D eigenvalue weighted by atomic mass is 32.1. The molecule has 9 atom stereocenters. The van der Waals surface area contributed by atoms with Gasteiger partial charge < -0.3 is 80.4 Å². The molecule has 0 fully saturated rings. The van der Waals surface area contributed by atoms with Gasteiger partial charge >= 0.3 is 17.9 Å². The van der Waals surface area contributed by atoms with Gasteiger partial charge in [0, 0.05) is 36.0 Å². The van der Waals surface area contributed by atoms with Crippen LogP contribution in [0.1, 0.15) is 38.2 Å². The molecule has 0 aliphatic carbocycles. The lowest BCUT2D eigenvalue weighted by atomic mass is 10.0. The number of carbonyl (C=O) groups excluding carboxylic acids is 9. The molecule has 0 spiro atoms. The Morgan fingerprint density at radius 1 is 0.542 bits per heavy atom. The molecule has 0 bridgehead atoms. The minimum Gasteiger partial charge on any atom is -0.481 e. The Morgan fingerprint density at radius 2 is 0.958 bits per heavy atom. The van der Waals surface area contributed by atoms with E-state index in [0.29, 0.717) is 5.56 Å². The molecule has 18 N–H and O–H groups in total. The number of carboxylic acids is 3. The number of guanidine groups is 1. The maximum absolute atomic E-state index is 13.6. The van der Waals surface area contributed by atoms with Crippen LogP contribution >= 0.6 is 50.5 Å². The second-order valence-corrected chi connectivity index (χ2v) is 16.9. The number of thiol groups is 4. The largest absolute Gasteiger partial charge is 0.481 e. The van der Waals surface area contributed by atoms with Gasteiger partial charge in [-0.3, -0.25) is 62.5 Å². The van der Waals surface area contributed by atoms with E-state index >= 15 is 0 Å². The minimum absolute atomic E-state index is 0.0385. The summed E-state index contributed by atoms with van der Waals surface area (Å²) < 4.78 is 0. The van der Waals surface area contributed by atoms with E-state index in [0.717, 1.165) is 0 Å². The van der Waals surface area contributed by atoms with E-state index in [1.165, 1.54) is 6.92 Å². The first kappa shape index (κ1) is 63.5.